The highest BCUT2D eigenvalue weighted by molar-refractivity contribution is 7.98. The Labute approximate surface area is 160 Å². The van der Waals surface area contributed by atoms with Crippen LogP contribution in [0.3, 0.4) is 0 Å². The Morgan fingerprint density at radius 2 is 1.78 bits per heavy atom. The Morgan fingerprint density at radius 3 is 2.67 bits per heavy atom. The molecule has 0 N–H and O–H groups in total. The highest BCUT2D eigenvalue weighted by atomic mass is 32.2. The van der Waals surface area contributed by atoms with Crippen LogP contribution in [0, 0.1) is 6.92 Å². The number of nitrogens with zero attached hydrogens (tertiary/aromatic N) is 5. The molecule has 3 aromatic heterocycles. The molecule has 0 aliphatic heterocycles. The normalized spacial score (nSPS) is 11.4. The Bertz CT molecular complexity index is 1240. The van der Waals surface area contributed by atoms with Crippen molar-refractivity contribution in [3.05, 3.63) is 84.2 Å². The largest absolute Gasteiger partial charge is 0.270 e. The van der Waals surface area contributed by atoms with Crippen molar-refractivity contribution in [1.82, 2.24) is 24.4 Å². The Hall–Kier alpha value is -3.12. The van der Waals surface area contributed by atoms with Crippen LogP contribution in [-0.2, 0) is 5.75 Å². The molecule has 6 heteroatoms. The zero-order valence-electron chi connectivity index (χ0n) is 14.8. The number of thioether (sulfide) groups is 1. The van der Waals surface area contributed by atoms with Gasteiger partial charge in [-0.25, -0.2) is 4.68 Å². The molecule has 0 saturated heterocycles. The summed E-state index contributed by atoms with van der Waals surface area (Å²) in [4.78, 5) is 0. The van der Waals surface area contributed by atoms with Gasteiger partial charge in [-0.3, -0.25) is 4.40 Å². The van der Waals surface area contributed by atoms with Gasteiger partial charge in [-0.15, -0.1) is 10.2 Å². The van der Waals surface area contributed by atoms with Crippen molar-refractivity contribution in [3.8, 4) is 5.69 Å². The fourth-order valence-electron chi connectivity index (χ4n) is 3.27. The summed E-state index contributed by atoms with van der Waals surface area (Å²) in [6, 6.07) is 20.6. The van der Waals surface area contributed by atoms with Gasteiger partial charge >= 0.3 is 0 Å². The first-order chi connectivity index (χ1) is 13.3. The number of benzene rings is 2. The number of hydrogen-bond acceptors (Lipinski definition) is 4. The first-order valence-corrected chi connectivity index (χ1v) is 9.73. The van der Waals surface area contributed by atoms with Crippen molar-refractivity contribution < 1.29 is 0 Å². The molecule has 27 heavy (non-hydrogen) atoms. The third-order valence-electron chi connectivity index (χ3n) is 4.60. The number of rotatable bonds is 4. The fraction of sp³-hybridized carbons (Fsp3) is 0.0952. The van der Waals surface area contributed by atoms with Crippen molar-refractivity contribution in [2.45, 2.75) is 17.8 Å². The van der Waals surface area contributed by atoms with Gasteiger partial charge in [-0.1, -0.05) is 48.2 Å². The minimum absolute atomic E-state index is 0.788. The molecule has 0 spiro atoms. The second kappa shape index (κ2) is 6.55. The predicted molar refractivity (Wildman–Crippen MR) is 108 cm³/mol. The van der Waals surface area contributed by atoms with E-state index >= 15 is 0 Å². The number of pyridine rings is 1. The number of fused-ring (bicyclic) bond motifs is 3. The molecule has 5 rings (SSSR count). The van der Waals surface area contributed by atoms with Gasteiger partial charge in [0.25, 0.3) is 0 Å². The molecule has 0 bridgehead atoms. The molecule has 0 atom stereocenters. The summed E-state index contributed by atoms with van der Waals surface area (Å²) >= 11 is 1.67. The SMILES string of the molecule is Cc1cc2nnc(SCc3cnn(-c4ccccc4)c3)n2c2ccccc12. The van der Waals surface area contributed by atoms with E-state index in [9.17, 15) is 0 Å². The predicted octanol–water partition coefficient (Wildman–Crippen LogP) is 4.67. The van der Waals surface area contributed by atoms with E-state index in [1.54, 1.807) is 11.8 Å². The van der Waals surface area contributed by atoms with Crippen LogP contribution in [0.4, 0.5) is 0 Å². The first kappa shape index (κ1) is 16.1. The van der Waals surface area contributed by atoms with Gasteiger partial charge in [0.15, 0.2) is 10.8 Å². The molecule has 0 aliphatic rings. The molecule has 0 radical (unpaired) electrons. The Balaban J connectivity index is 1.46. The summed E-state index contributed by atoms with van der Waals surface area (Å²) in [5.74, 6) is 0.788. The Morgan fingerprint density at radius 1 is 0.963 bits per heavy atom. The van der Waals surface area contributed by atoms with Crippen molar-refractivity contribution in [3.63, 3.8) is 0 Å². The lowest BCUT2D eigenvalue weighted by Crippen LogP contribution is -1.93. The molecule has 132 valence electrons. The lowest BCUT2D eigenvalue weighted by Gasteiger charge is -2.06. The summed E-state index contributed by atoms with van der Waals surface area (Å²) in [6.07, 6.45) is 3.97. The van der Waals surface area contributed by atoms with Gasteiger partial charge < -0.3 is 0 Å². The highest BCUT2D eigenvalue weighted by Gasteiger charge is 2.12. The minimum atomic E-state index is 0.788. The highest BCUT2D eigenvalue weighted by Crippen LogP contribution is 2.27. The maximum atomic E-state index is 4.47. The zero-order valence-corrected chi connectivity index (χ0v) is 15.6. The fourth-order valence-corrected chi connectivity index (χ4v) is 4.14. The monoisotopic (exact) mass is 371 g/mol. The van der Waals surface area contributed by atoms with E-state index in [2.05, 4.69) is 63.1 Å². The van der Waals surface area contributed by atoms with Crippen molar-refractivity contribution in [2.24, 2.45) is 0 Å². The average Bonchev–Trinajstić information content (AvgIpc) is 3.34. The molecule has 5 aromatic rings. The molecule has 0 saturated carbocycles. The quantitative estimate of drug-likeness (QED) is 0.431. The lowest BCUT2D eigenvalue weighted by atomic mass is 10.1. The molecule has 0 amide bonds. The van der Waals surface area contributed by atoms with Crippen LogP contribution in [0.15, 0.2) is 78.2 Å². The number of aromatic nitrogens is 5. The molecule has 2 aromatic carbocycles. The van der Waals surface area contributed by atoms with Crippen molar-refractivity contribution in [1.29, 1.82) is 0 Å². The first-order valence-electron chi connectivity index (χ1n) is 8.75. The molecule has 0 unspecified atom stereocenters. The van der Waals surface area contributed by atoms with E-state index in [1.807, 2.05) is 41.2 Å². The summed E-state index contributed by atoms with van der Waals surface area (Å²) in [6.45, 7) is 2.11. The topological polar surface area (TPSA) is 48.0 Å². The standard InChI is InChI=1S/C21H17N5S/c1-15-11-20-23-24-21(26(20)19-10-6-5-9-18(15)19)27-14-16-12-22-25(13-16)17-7-3-2-4-8-17/h2-13H,14H2,1H3. The third kappa shape index (κ3) is 2.88. The van der Waals surface area contributed by atoms with Crippen molar-refractivity contribution >= 4 is 28.3 Å². The van der Waals surface area contributed by atoms with Crippen LogP contribution in [0.2, 0.25) is 0 Å². The van der Waals surface area contributed by atoms with E-state index < -0.39 is 0 Å². The van der Waals surface area contributed by atoms with E-state index in [1.165, 1.54) is 10.9 Å². The maximum Gasteiger partial charge on any atom is 0.196 e. The van der Waals surface area contributed by atoms with Gasteiger partial charge in [0.05, 0.1) is 17.4 Å². The third-order valence-corrected chi connectivity index (χ3v) is 5.60. The van der Waals surface area contributed by atoms with Gasteiger partial charge in [-0.05, 0) is 36.8 Å². The summed E-state index contributed by atoms with van der Waals surface area (Å²) in [5.41, 5.74) is 5.44. The summed E-state index contributed by atoms with van der Waals surface area (Å²) in [5, 5.41) is 15.4. The van der Waals surface area contributed by atoms with E-state index in [-0.39, 0.29) is 0 Å². The zero-order chi connectivity index (χ0) is 18.2. The van der Waals surface area contributed by atoms with Crippen LogP contribution < -0.4 is 0 Å². The second-order valence-electron chi connectivity index (χ2n) is 6.44. The van der Waals surface area contributed by atoms with Gasteiger partial charge in [0, 0.05) is 22.9 Å². The molecule has 0 aliphatic carbocycles. The van der Waals surface area contributed by atoms with Crippen LogP contribution >= 0.6 is 11.8 Å². The van der Waals surface area contributed by atoms with Gasteiger partial charge in [0.2, 0.25) is 0 Å². The summed E-state index contributed by atoms with van der Waals surface area (Å²) < 4.78 is 4.03. The number of hydrogen-bond donors (Lipinski definition) is 0. The lowest BCUT2D eigenvalue weighted by molar-refractivity contribution is 0.880. The van der Waals surface area contributed by atoms with E-state index in [4.69, 9.17) is 0 Å². The smallest absolute Gasteiger partial charge is 0.196 e. The Kier molecular flexibility index (Phi) is 3.90. The van der Waals surface area contributed by atoms with Crippen LogP contribution in [-0.4, -0.2) is 24.4 Å². The molecular weight excluding hydrogens is 354 g/mol. The van der Waals surface area contributed by atoms with E-state index in [0.717, 1.165) is 33.3 Å². The maximum absolute atomic E-state index is 4.47. The molecular formula is C21H17N5S. The minimum Gasteiger partial charge on any atom is -0.270 e. The summed E-state index contributed by atoms with van der Waals surface area (Å²) in [7, 11) is 0. The van der Waals surface area contributed by atoms with Crippen LogP contribution in [0.1, 0.15) is 11.1 Å². The number of para-hydroxylation sites is 2. The molecule has 5 nitrogen and oxygen atoms in total. The molecule has 0 fully saturated rings. The second-order valence-corrected chi connectivity index (χ2v) is 7.38. The van der Waals surface area contributed by atoms with Gasteiger partial charge in [0.1, 0.15) is 0 Å². The van der Waals surface area contributed by atoms with Gasteiger partial charge in [-0.2, -0.15) is 5.10 Å². The van der Waals surface area contributed by atoms with Crippen molar-refractivity contribution in [2.75, 3.05) is 0 Å². The van der Waals surface area contributed by atoms with E-state index in [0.29, 0.717) is 0 Å². The van der Waals surface area contributed by atoms with Crippen LogP contribution in [0.5, 0.6) is 0 Å². The number of aryl methyl sites for hydroxylation is 1. The average molecular weight is 371 g/mol. The molecule has 3 heterocycles. The van der Waals surface area contributed by atoms with Crippen LogP contribution in [0.25, 0.3) is 22.2 Å².